The number of hydrogen-bond donors (Lipinski definition) is 3. The Kier molecular flexibility index (Phi) is 4.97. The molecule has 0 heterocycles. The summed E-state index contributed by atoms with van der Waals surface area (Å²) < 4.78 is 0. The lowest BCUT2D eigenvalue weighted by Gasteiger charge is -2.09. The van der Waals surface area contributed by atoms with Gasteiger partial charge in [0, 0.05) is 7.05 Å². The standard InChI is InChI=1S/C9H12N2O2.ClH/c1-11-9(13)8(10)6-2-4-7(12)5-3-6;/h2-5,8,12H,10H2,1H3,(H,11,13);1H. The number of rotatable bonds is 2. The van der Waals surface area contributed by atoms with Crippen molar-refractivity contribution in [3.8, 4) is 5.75 Å². The van der Waals surface area contributed by atoms with Crippen LogP contribution in [0.1, 0.15) is 11.6 Å². The molecule has 0 aliphatic carbocycles. The van der Waals surface area contributed by atoms with Gasteiger partial charge in [-0.2, -0.15) is 0 Å². The van der Waals surface area contributed by atoms with Crippen molar-refractivity contribution in [3.05, 3.63) is 29.8 Å². The van der Waals surface area contributed by atoms with Crippen LogP contribution in [0.5, 0.6) is 5.75 Å². The van der Waals surface area contributed by atoms with Crippen LogP contribution in [0.4, 0.5) is 0 Å². The number of likely N-dealkylation sites (N-methyl/N-ethyl adjacent to an activating group) is 1. The molecule has 14 heavy (non-hydrogen) atoms. The first-order valence-electron chi connectivity index (χ1n) is 3.91. The Balaban J connectivity index is 0.00000169. The number of phenolic OH excluding ortho intramolecular Hbond substituents is 1. The van der Waals surface area contributed by atoms with E-state index in [0.29, 0.717) is 5.56 Å². The van der Waals surface area contributed by atoms with E-state index in [2.05, 4.69) is 5.32 Å². The average Bonchev–Trinajstić information content (AvgIpc) is 2.17. The fourth-order valence-corrected chi connectivity index (χ4v) is 0.989. The highest BCUT2D eigenvalue weighted by Crippen LogP contribution is 2.14. The molecule has 1 rings (SSSR count). The van der Waals surface area contributed by atoms with Crippen LogP contribution in [-0.4, -0.2) is 18.1 Å². The highest BCUT2D eigenvalue weighted by Gasteiger charge is 2.13. The normalized spacial score (nSPS) is 11.3. The van der Waals surface area contributed by atoms with Gasteiger partial charge in [0.05, 0.1) is 0 Å². The molecule has 0 aliphatic heterocycles. The van der Waals surface area contributed by atoms with Gasteiger partial charge in [0.1, 0.15) is 11.8 Å². The van der Waals surface area contributed by atoms with Gasteiger partial charge < -0.3 is 16.2 Å². The van der Waals surface area contributed by atoms with Gasteiger partial charge in [-0.1, -0.05) is 12.1 Å². The van der Waals surface area contributed by atoms with Crippen molar-refractivity contribution in [2.75, 3.05) is 7.05 Å². The van der Waals surface area contributed by atoms with E-state index in [1.54, 1.807) is 12.1 Å². The van der Waals surface area contributed by atoms with Crippen molar-refractivity contribution in [2.45, 2.75) is 6.04 Å². The number of hydrogen-bond acceptors (Lipinski definition) is 3. The molecule has 5 heteroatoms. The third-order valence-electron chi connectivity index (χ3n) is 1.78. The van der Waals surface area contributed by atoms with E-state index < -0.39 is 6.04 Å². The Morgan fingerprint density at radius 1 is 1.43 bits per heavy atom. The summed E-state index contributed by atoms with van der Waals surface area (Å²) in [7, 11) is 1.53. The van der Waals surface area contributed by atoms with Crippen molar-refractivity contribution < 1.29 is 9.90 Å². The van der Waals surface area contributed by atoms with Crippen molar-refractivity contribution in [1.29, 1.82) is 0 Å². The molecule has 1 unspecified atom stereocenters. The fourth-order valence-electron chi connectivity index (χ4n) is 0.989. The smallest absolute Gasteiger partial charge is 0.241 e. The fraction of sp³-hybridized carbons (Fsp3) is 0.222. The van der Waals surface area contributed by atoms with Crippen molar-refractivity contribution in [1.82, 2.24) is 5.32 Å². The van der Waals surface area contributed by atoms with Gasteiger partial charge in [-0.15, -0.1) is 12.4 Å². The van der Waals surface area contributed by atoms with Crippen molar-refractivity contribution >= 4 is 18.3 Å². The molecule has 1 amide bonds. The third-order valence-corrected chi connectivity index (χ3v) is 1.78. The van der Waals surface area contributed by atoms with E-state index in [0.717, 1.165) is 0 Å². The van der Waals surface area contributed by atoms with E-state index in [1.165, 1.54) is 19.2 Å². The second-order valence-corrected chi connectivity index (χ2v) is 2.68. The zero-order valence-electron chi connectivity index (χ0n) is 7.73. The zero-order valence-corrected chi connectivity index (χ0v) is 8.54. The molecule has 0 radical (unpaired) electrons. The van der Waals surface area contributed by atoms with Crippen LogP contribution in [0, 0.1) is 0 Å². The molecule has 1 aromatic rings. The summed E-state index contributed by atoms with van der Waals surface area (Å²) in [6.07, 6.45) is 0. The lowest BCUT2D eigenvalue weighted by molar-refractivity contribution is -0.121. The second kappa shape index (κ2) is 5.47. The van der Waals surface area contributed by atoms with Gasteiger partial charge in [-0.05, 0) is 17.7 Å². The molecule has 0 saturated heterocycles. The number of benzene rings is 1. The highest BCUT2D eigenvalue weighted by atomic mass is 35.5. The lowest BCUT2D eigenvalue weighted by atomic mass is 10.1. The molecular weight excluding hydrogens is 204 g/mol. The molecule has 1 aromatic carbocycles. The number of phenols is 1. The number of halogens is 1. The Hall–Kier alpha value is -1.26. The monoisotopic (exact) mass is 216 g/mol. The van der Waals surface area contributed by atoms with Gasteiger partial charge in [0.15, 0.2) is 0 Å². The largest absolute Gasteiger partial charge is 0.508 e. The Bertz CT molecular complexity index is 300. The third kappa shape index (κ3) is 2.90. The molecule has 0 aliphatic rings. The topological polar surface area (TPSA) is 75.4 Å². The van der Waals surface area contributed by atoms with E-state index >= 15 is 0 Å². The number of amides is 1. The first kappa shape index (κ1) is 12.7. The minimum atomic E-state index is -0.675. The Morgan fingerprint density at radius 3 is 2.36 bits per heavy atom. The minimum absolute atomic E-state index is 0. The average molecular weight is 217 g/mol. The summed E-state index contributed by atoms with van der Waals surface area (Å²) in [6.45, 7) is 0. The van der Waals surface area contributed by atoms with Gasteiger partial charge in [0.25, 0.3) is 0 Å². The summed E-state index contributed by atoms with van der Waals surface area (Å²) in [4.78, 5) is 11.1. The maximum absolute atomic E-state index is 11.1. The first-order chi connectivity index (χ1) is 6.15. The molecule has 0 spiro atoms. The summed E-state index contributed by atoms with van der Waals surface area (Å²) in [5.41, 5.74) is 6.28. The number of carbonyl (C=O) groups excluding carboxylic acids is 1. The molecule has 0 bridgehead atoms. The van der Waals surface area contributed by atoms with Crippen LogP contribution >= 0.6 is 12.4 Å². The quantitative estimate of drug-likeness (QED) is 0.676. The molecule has 0 fully saturated rings. The molecule has 1 atom stereocenters. The summed E-state index contributed by atoms with van der Waals surface area (Å²) in [5.74, 6) is -0.0847. The van der Waals surface area contributed by atoms with E-state index in [4.69, 9.17) is 10.8 Å². The summed E-state index contributed by atoms with van der Waals surface area (Å²) in [6, 6.07) is 5.56. The predicted molar refractivity (Wildman–Crippen MR) is 56.3 cm³/mol. The van der Waals surface area contributed by atoms with Crippen LogP contribution in [0.25, 0.3) is 0 Å². The molecule has 4 N–H and O–H groups in total. The Morgan fingerprint density at radius 2 is 1.93 bits per heavy atom. The van der Waals surface area contributed by atoms with Gasteiger partial charge in [-0.3, -0.25) is 4.79 Å². The number of aromatic hydroxyl groups is 1. The molecule has 4 nitrogen and oxygen atoms in total. The van der Waals surface area contributed by atoms with Crippen LogP contribution < -0.4 is 11.1 Å². The minimum Gasteiger partial charge on any atom is -0.508 e. The number of nitrogens with two attached hydrogens (primary N) is 1. The highest BCUT2D eigenvalue weighted by molar-refractivity contribution is 5.85. The van der Waals surface area contributed by atoms with Gasteiger partial charge >= 0.3 is 0 Å². The van der Waals surface area contributed by atoms with Crippen molar-refractivity contribution in [2.24, 2.45) is 5.73 Å². The van der Waals surface area contributed by atoms with E-state index in [1.807, 2.05) is 0 Å². The lowest BCUT2D eigenvalue weighted by Crippen LogP contribution is -2.31. The molecule has 0 aromatic heterocycles. The van der Waals surface area contributed by atoms with Crippen LogP contribution in [-0.2, 0) is 4.79 Å². The van der Waals surface area contributed by atoms with Gasteiger partial charge in [0.2, 0.25) is 5.91 Å². The Labute approximate surface area is 88.5 Å². The maximum Gasteiger partial charge on any atom is 0.241 e. The second-order valence-electron chi connectivity index (χ2n) is 2.68. The number of nitrogens with one attached hydrogen (secondary N) is 1. The van der Waals surface area contributed by atoms with E-state index in [9.17, 15) is 4.79 Å². The zero-order chi connectivity index (χ0) is 9.84. The van der Waals surface area contributed by atoms with Gasteiger partial charge in [-0.25, -0.2) is 0 Å². The van der Waals surface area contributed by atoms with Crippen molar-refractivity contribution in [3.63, 3.8) is 0 Å². The maximum atomic E-state index is 11.1. The van der Waals surface area contributed by atoms with E-state index in [-0.39, 0.29) is 24.1 Å². The first-order valence-corrected chi connectivity index (χ1v) is 3.91. The molecular formula is C9H13ClN2O2. The van der Waals surface area contributed by atoms with Crippen LogP contribution in [0.2, 0.25) is 0 Å². The van der Waals surface area contributed by atoms with Crippen LogP contribution in [0.15, 0.2) is 24.3 Å². The predicted octanol–water partition coefficient (Wildman–Crippen LogP) is 0.560. The number of carbonyl (C=O) groups is 1. The summed E-state index contributed by atoms with van der Waals surface area (Å²) >= 11 is 0. The summed E-state index contributed by atoms with van der Waals surface area (Å²) in [5, 5.41) is 11.4. The molecule has 78 valence electrons. The van der Waals surface area contributed by atoms with Crippen LogP contribution in [0.3, 0.4) is 0 Å². The molecule has 0 saturated carbocycles. The SMILES string of the molecule is CNC(=O)C(N)c1ccc(O)cc1.Cl.